The van der Waals surface area contributed by atoms with E-state index in [0.29, 0.717) is 5.69 Å². The molecule has 0 atom stereocenters. The maximum Gasteiger partial charge on any atom is 0.149 e. The number of benzene rings is 1. The van der Waals surface area contributed by atoms with Crippen LogP contribution in [0.1, 0.15) is 5.69 Å². The molecule has 0 saturated carbocycles. The van der Waals surface area contributed by atoms with Gasteiger partial charge in [-0.1, -0.05) is 0 Å². The van der Waals surface area contributed by atoms with Gasteiger partial charge >= 0.3 is 0 Å². The van der Waals surface area contributed by atoms with E-state index < -0.39 is 11.6 Å². The average molecular weight is 179 g/mol. The first-order chi connectivity index (χ1) is 6.18. The molecule has 66 valence electrons. The van der Waals surface area contributed by atoms with Crippen molar-refractivity contribution >= 4 is 10.9 Å². The van der Waals surface area contributed by atoms with E-state index in [1.54, 1.807) is 13.0 Å². The number of pyridine rings is 1. The van der Waals surface area contributed by atoms with E-state index in [2.05, 4.69) is 4.98 Å². The molecule has 0 spiro atoms. The molecule has 0 amide bonds. The third-order valence-electron chi connectivity index (χ3n) is 1.89. The number of aryl methyl sites for hydroxylation is 1. The number of fused-ring (bicyclic) bond motifs is 1. The predicted molar refractivity (Wildman–Crippen MR) is 46.4 cm³/mol. The second kappa shape index (κ2) is 2.76. The van der Waals surface area contributed by atoms with E-state index in [-0.39, 0.29) is 10.9 Å². The fourth-order valence-corrected chi connectivity index (χ4v) is 1.25. The number of hydrogen-bond acceptors (Lipinski definition) is 1. The molecule has 0 radical (unpaired) electrons. The Morgan fingerprint density at radius 2 is 1.69 bits per heavy atom. The van der Waals surface area contributed by atoms with Gasteiger partial charge in [-0.05, 0) is 31.2 Å². The van der Waals surface area contributed by atoms with E-state index in [0.717, 1.165) is 12.1 Å². The molecule has 3 heteroatoms. The lowest BCUT2D eigenvalue weighted by Gasteiger charge is -2.00. The van der Waals surface area contributed by atoms with Crippen molar-refractivity contribution in [2.75, 3.05) is 0 Å². The molecular weight excluding hydrogens is 172 g/mol. The monoisotopic (exact) mass is 179 g/mol. The number of hydrogen-bond donors (Lipinski definition) is 0. The predicted octanol–water partition coefficient (Wildman–Crippen LogP) is 2.82. The van der Waals surface area contributed by atoms with Crippen LogP contribution in [0.4, 0.5) is 8.78 Å². The summed E-state index contributed by atoms with van der Waals surface area (Å²) in [4.78, 5) is 3.92. The zero-order valence-electron chi connectivity index (χ0n) is 7.01. The molecule has 0 aliphatic rings. The fourth-order valence-electron chi connectivity index (χ4n) is 1.25. The molecule has 0 fully saturated rings. The van der Waals surface area contributed by atoms with Crippen LogP contribution in [0, 0.1) is 18.6 Å². The number of rotatable bonds is 0. The van der Waals surface area contributed by atoms with Crippen molar-refractivity contribution in [3.63, 3.8) is 0 Å². The van der Waals surface area contributed by atoms with E-state index in [1.165, 1.54) is 6.07 Å². The molecule has 0 aliphatic carbocycles. The Hall–Kier alpha value is -1.51. The van der Waals surface area contributed by atoms with Crippen LogP contribution >= 0.6 is 0 Å². The maximum atomic E-state index is 13.1. The van der Waals surface area contributed by atoms with Crippen LogP contribution in [-0.2, 0) is 0 Å². The second-order valence-electron chi connectivity index (χ2n) is 2.88. The molecule has 0 saturated heterocycles. The van der Waals surface area contributed by atoms with Gasteiger partial charge < -0.3 is 0 Å². The Balaban J connectivity index is 2.92. The summed E-state index contributed by atoms with van der Waals surface area (Å²) in [6, 6.07) is 5.39. The first kappa shape index (κ1) is 8.10. The average Bonchev–Trinajstić information content (AvgIpc) is 2.12. The van der Waals surface area contributed by atoms with Crippen LogP contribution < -0.4 is 0 Å². The van der Waals surface area contributed by atoms with Gasteiger partial charge in [-0.2, -0.15) is 0 Å². The number of halogens is 2. The largest absolute Gasteiger partial charge is 0.250 e. The van der Waals surface area contributed by atoms with E-state index >= 15 is 0 Å². The third-order valence-corrected chi connectivity index (χ3v) is 1.89. The highest BCUT2D eigenvalue weighted by molar-refractivity contribution is 5.79. The molecule has 1 aromatic carbocycles. The Kier molecular flexibility index (Phi) is 1.72. The van der Waals surface area contributed by atoms with Gasteiger partial charge in [-0.25, -0.2) is 13.8 Å². The SMILES string of the molecule is Cc1ccc2c(F)ccc(F)c2n1. The van der Waals surface area contributed by atoms with Gasteiger partial charge in [0.25, 0.3) is 0 Å². The molecule has 0 N–H and O–H groups in total. The number of nitrogens with zero attached hydrogens (tertiary/aromatic N) is 1. The maximum absolute atomic E-state index is 13.1. The summed E-state index contributed by atoms with van der Waals surface area (Å²) < 4.78 is 26.2. The quantitative estimate of drug-likeness (QED) is 0.606. The summed E-state index contributed by atoms with van der Waals surface area (Å²) in [5.41, 5.74) is 0.775. The molecule has 2 aromatic rings. The molecule has 1 aromatic heterocycles. The van der Waals surface area contributed by atoms with Crippen LogP contribution in [0.25, 0.3) is 10.9 Å². The van der Waals surface area contributed by atoms with E-state index in [1.807, 2.05) is 0 Å². The normalized spacial score (nSPS) is 10.7. The molecule has 2 rings (SSSR count). The van der Waals surface area contributed by atoms with Crippen LogP contribution in [-0.4, -0.2) is 4.98 Å². The van der Waals surface area contributed by atoms with Crippen LogP contribution in [0.2, 0.25) is 0 Å². The molecule has 0 aliphatic heterocycles. The highest BCUT2D eigenvalue weighted by atomic mass is 19.1. The molecule has 1 heterocycles. The third kappa shape index (κ3) is 1.26. The minimum absolute atomic E-state index is 0.0972. The lowest BCUT2D eigenvalue weighted by Crippen LogP contribution is -1.89. The standard InChI is InChI=1S/C10H7F2N/c1-6-2-3-7-8(11)4-5-9(12)10(7)13-6/h2-5H,1H3. The van der Waals surface area contributed by atoms with Crippen molar-refractivity contribution in [2.24, 2.45) is 0 Å². The summed E-state index contributed by atoms with van der Waals surface area (Å²) in [6.45, 7) is 1.74. The lowest BCUT2D eigenvalue weighted by atomic mass is 10.2. The summed E-state index contributed by atoms with van der Waals surface area (Å²) in [5, 5.41) is 0.227. The van der Waals surface area contributed by atoms with Crippen LogP contribution in [0.5, 0.6) is 0 Å². The minimum Gasteiger partial charge on any atom is -0.250 e. The molecule has 0 unspecified atom stereocenters. The van der Waals surface area contributed by atoms with Crippen molar-refractivity contribution in [1.29, 1.82) is 0 Å². The highest BCUT2D eigenvalue weighted by Gasteiger charge is 2.06. The van der Waals surface area contributed by atoms with Gasteiger partial charge in [0.05, 0.1) is 0 Å². The molecule has 1 nitrogen and oxygen atoms in total. The Labute approximate surface area is 74.0 Å². The fraction of sp³-hybridized carbons (Fsp3) is 0.100. The highest BCUT2D eigenvalue weighted by Crippen LogP contribution is 2.19. The Morgan fingerprint density at radius 1 is 1.00 bits per heavy atom. The van der Waals surface area contributed by atoms with Gasteiger partial charge in [0.1, 0.15) is 17.2 Å². The van der Waals surface area contributed by atoms with Crippen LogP contribution in [0.15, 0.2) is 24.3 Å². The van der Waals surface area contributed by atoms with Crippen molar-refractivity contribution in [1.82, 2.24) is 4.98 Å². The second-order valence-corrected chi connectivity index (χ2v) is 2.88. The zero-order chi connectivity index (χ0) is 9.42. The van der Waals surface area contributed by atoms with Crippen molar-refractivity contribution < 1.29 is 8.78 Å². The van der Waals surface area contributed by atoms with Gasteiger partial charge in [-0.15, -0.1) is 0 Å². The van der Waals surface area contributed by atoms with E-state index in [4.69, 9.17) is 0 Å². The van der Waals surface area contributed by atoms with Gasteiger partial charge in [-0.3, -0.25) is 0 Å². The zero-order valence-corrected chi connectivity index (χ0v) is 7.01. The molecular formula is C10H7F2N. The smallest absolute Gasteiger partial charge is 0.149 e. The van der Waals surface area contributed by atoms with E-state index in [9.17, 15) is 8.78 Å². The summed E-state index contributed by atoms with van der Waals surface area (Å²) in [6.07, 6.45) is 0. The lowest BCUT2D eigenvalue weighted by molar-refractivity contribution is 0.615. The van der Waals surface area contributed by atoms with Gasteiger partial charge in [0, 0.05) is 11.1 Å². The topological polar surface area (TPSA) is 12.9 Å². The molecule has 0 bridgehead atoms. The molecule has 13 heavy (non-hydrogen) atoms. The van der Waals surface area contributed by atoms with Gasteiger partial charge in [0.2, 0.25) is 0 Å². The summed E-state index contributed by atoms with van der Waals surface area (Å²) in [7, 11) is 0. The Bertz CT molecular complexity index is 466. The van der Waals surface area contributed by atoms with Crippen molar-refractivity contribution in [3.8, 4) is 0 Å². The van der Waals surface area contributed by atoms with Crippen LogP contribution in [0.3, 0.4) is 0 Å². The minimum atomic E-state index is -0.486. The summed E-state index contributed by atoms with van der Waals surface area (Å²) >= 11 is 0. The first-order valence-electron chi connectivity index (χ1n) is 3.90. The number of aromatic nitrogens is 1. The summed E-state index contributed by atoms with van der Waals surface area (Å²) in [5.74, 6) is -0.927. The van der Waals surface area contributed by atoms with Crippen molar-refractivity contribution in [3.05, 3.63) is 41.6 Å². The first-order valence-corrected chi connectivity index (χ1v) is 3.90. The van der Waals surface area contributed by atoms with Crippen molar-refractivity contribution in [2.45, 2.75) is 6.92 Å². The Morgan fingerprint density at radius 3 is 2.46 bits per heavy atom. The van der Waals surface area contributed by atoms with Gasteiger partial charge in [0.15, 0.2) is 0 Å².